The van der Waals surface area contributed by atoms with Crippen LogP contribution in [0.5, 0.6) is 0 Å². The highest BCUT2D eigenvalue weighted by atomic mass is 32.1. The molecule has 0 unspecified atom stereocenters. The first-order valence-electron chi connectivity index (χ1n) is 11.1. The molecule has 0 aliphatic carbocycles. The Kier molecular flexibility index (Phi) is 7.03. The Hall–Kier alpha value is -3.26. The second kappa shape index (κ2) is 10.1. The first-order chi connectivity index (χ1) is 15.9. The van der Waals surface area contributed by atoms with Crippen molar-refractivity contribution in [2.24, 2.45) is 0 Å². The lowest BCUT2D eigenvalue weighted by Crippen LogP contribution is -2.49. The number of aryl methyl sites for hydroxylation is 2. The largest absolute Gasteiger partial charge is 0.462 e. The van der Waals surface area contributed by atoms with Crippen molar-refractivity contribution in [2.75, 3.05) is 37.7 Å². The number of benzene rings is 1. The summed E-state index contributed by atoms with van der Waals surface area (Å²) >= 11 is 1.59. The predicted octanol–water partition coefficient (Wildman–Crippen LogP) is 3.89. The van der Waals surface area contributed by atoms with Gasteiger partial charge in [-0.15, -0.1) is 11.3 Å². The van der Waals surface area contributed by atoms with Gasteiger partial charge in [-0.1, -0.05) is 29.8 Å². The summed E-state index contributed by atoms with van der Waals surface area (Å²) in [6.07, 6.45) is 1.91. The molecule has 1 fully saturated rings. The number of ether oxygens (including phenoxy) is 1. The van der Waals surface area contributed by atoms with E-state index in [4.69, 9.17) is 4.74 Å². The van der Waals surface area contributed by atoms with Crippen LogP contribution in [0.4, 0.5) is 5.82 Å². The molecule has 0 spiro atoms. The van der Waals surface area contributed by atoms with Crippen LogP contribution in [0.3, 0.4) is 0 Å². The summed E-state index contributed by atoms with van der Waals surface area (Å²) in [6.45, 7) is 8.83. The first kappa shape index (κ1) is 22.9. The van der Waals surface area contributed by atoms with E-state index >= 15 is 0 Å². The molecule has 172 valence electrons. The monoisotopic (exact) mass is 464 g/mol. The summed E-state index contributed by atoms with van der Waals surface area (Å²) in [5.74, 6) is 0.558. The number of rotatable bonds is 6. The van der Waals surface area contributed by atoms with Crippen molar-refractivity contribution in [3.8, 4) is 11.3 Å². The van der Waals surface area contributed by atoms with Gasteiger partial charge in [0.1, 0.15) is 5.82 Å². The molecule has 7 nitrogen and oxygen atoms in total. The van der Waals surface area contributed by atoms with E-state index in [2.05, 4.69) is 46.1 Å². The molecular weight excluding hydrogens is 436 g/mol. The lowest BCUT2D eigenvalue weighted by molar-refractivity contribution is -0.130. The molecule has 2 aromatic heterocycles. The second-order valence-corrected chi connectivity index (χ2v) is 9.33. The van der Waals surface area contributed by atoms with Crippen LogP contribution in [-0.2, 0) is 16.0 Å². The van der Waals surface area contributed by atoms with Crippen molar-refractivity contribution in [3.05, 3.63) is 63.6 Å². The lowest BCUT2D eigenvalue weighted by atomic mass is 10.1. The van der Waals surface area contributed by atoms with Gasteiger partial charge < -0.3 is 14.5 Å². The van der Waals surface area contributed by atoms with E-state index in [1.54, 1.807) is 30.5 Å². The van der Waals surface area contributed by atoms with Crippen LogP contribution >= 0.6 is 11.3 Å². The Labute approximate surface area is 198 Å². The van der Waals surface area contributed by atoms with Gasteiger partial charge in [-0.2, -0.15) is 0 Å². The van der Waals surface area contributed by atoms with Crippen LogP contribution in [-0.4, -0.2) is 59.5 Å². The summed E-state index contributed by atoms with van der Waals surface area (Å²) in [7, 11) is 0. The third kappa shape index (κ3) is 5.39. The number of aromatic nitrogens is 2. The Morgan fingerprint density at radius 3 is 2.39 bits per heavy atom. The topological polar surface area (TPSA) is 75.6 Å². The number of nitrogens with zero attached hydrogens (tertiary/aromatic N) is 4. The number of anilines is 1. The van der Waals surface area contributed by atoms with E-state index in [-0.39, 0.29) is 11.9 Å². The minimum absolute atomic E-state index is 0.122. The quantitative estimate of drug-likeness (QED) is 0.515. The van der Waals surface area contributed by atoms with E-state index in [1.807, 2.05) is 17.9 Å². The number of carbonyl (C=O) groups excluding carboxylic acids is 2. The Morgan fingerprint density at radius 2 is 1.76 bits per heavy atom. The third-order valence-electron chi connectivity index (χ3n) is 5.66. The molecule has 0 saturated carbocycles. The van der Waals surface area contributed by atoms with Gasteiger partial charge in [0.05, 0.1) is 29.3 Å². The highest BCUT2D eigenvalue weighted by Gasteiger charge is 2.24. The van der Waals surface area contributed by atoms with E-state index in [0.29, 0.717) is 44.8 Å². The van der Waals surface area contributed by atoms with Gasteiger partial charge in [-0.3, -0.25) is 4.79 Å². The summed E-state index contributed by atoms with van der Waals surface area (Å²) in [5.41, 5.74) is 3.61. The molecule has 0 bridgehead atoms. The van der Waals surface area contributed by atoms with Crippen LogP contribution in [0.25, 0.3) is 11.3 Å². The van der Waals surface area contributed by atoms with E-state index in [1.165, 1.54) is 5.56 Å². The molecule has 1 aliphatic rings. The van der Waals surface area contributed by atoms with Gasteiger partial charge in [0.2, 0.25) is 5.91 Å². The summed E-state index contributed by atoms with van der Waals surface area (Å²) in [5, 5.41) is 0.968. The van der Waals surface area contributed by atoms with Crippen LogP contribution in [0.2, 0.25) is 0 Å². The fourth-order valence-electron chi connectivity index (χ4n) is 3.87. The number of thiazole rings is 1. The summed E-state index contributed by atoms with van der Waals surface area (Å²) < 4.78 is 5.01. The van der Waals surface area contributed by atoms with Crippen LogP contribution < -0.4 is 4.90 Å². The third-order valence-corrected chi connectivity index (χ3v) is 6.63. The van der Waals surface area contributed by atoms with Crippen LogP contribution in [0, 0.1) is 13.8 Å². The van der Waals surface area contributed by atoms with Crippen LogP contribution in [0.15, 0.2) is 42.6 Å². The molecule has 3 aromatic rings. The van der Waals surface area contributed by atoms with Gasteiger partial charge in [0.25, 0.3) is 0 Å². The second-order valence-electron chi connectivity index (χ2n) is 8.04. The number of pyridine rings is 1. The number of piperazine rings is 1. The number of hydrogen-bond donors (Lipinski definition) is 0. The van der Waals surface area contributed by atoms with E-state index < -0.39 is 0 Å². The van der Waals surface area contributed by atoms with E-state index in [9.17, 15) is 9.59 Å². The average molecular weight is 465 g/mol. The standard InChI is InChI=1S/C25H28N4O3S/c1-4-32-25(31)20-9-10-22(26-16-20)28-11-13-29(14-12-28)23(30)15-21-24(27-18(3)33-21)19-7-5-17(2)6-8-19/h5-10,16H,4,11-15H2,1-3H3. The Bertz CT molecular complexity index is 1120. The normalized spacial score (nSPS) is 13.8. The van der Waals surface area contributed by atoms with Crippen molar-refractivity contribution in [1.29, 1.82) is 0 Å². The average Bonchev–Trinajstić information content (AvgIpc) is 3.19. The zero-order valence-electron chi connectivity index (χ0n) is 19.2. The van der Waals surface area contributed by atoms with Crippen molar-refractivity contribution in [3.63, 3.8) is 0 Å². The van der Waals surface area contributed by atoms with Gasteiger partial charge in [-0.25, -0.2) is 14.8 Å². The number of esters is 1. The predicted molar refractivity (Wildman–Crippen MR) is 130 cm³/mol. The molecule has 4 rings (SSSR count). The van der Waals surface area contributed by atoms with Crippen molar-refractivity contribution in [1.82, 2.24) is 14.9 Å². The number of hydrogen-bond acceptors (Lipinski definition) is 7. The van der Waals surface area contributed by atoms with Crippen LogP contribution in [0.1, 0.15) is 32.7 Å². The first-order valence-corrected chi connectivity index (χ1v) is 12.0. The summed E-state index contributed by atoms with van der Waals surface area (Å²) in [6, 6.07) is 11.8. The fourth-order valence-corrected chi connectivity index (χ4v) is 4.82. The van der Waals surface area contributed by atoms with Gasteiger partial charge in [0, 0.05) is 42.8 Å². The molecule has 0 radical (unpaired) electrons. The zero-order valence-corrected chi connectivity index (χ0v) is 20.0. The molecule has 1 saturated heterocycles. The lowest BCUT2D eigenvalue weighted by Gasteiger charge is -2.35. The highest BCUT2D eigenvalue weighted by Crippen LogP contribution is 2.29. The van der Waals surface area contributed by atoms with Crippen molar-refractivity contribution >= 4 is 29.0 Å². The van der Waals surface area contributed by atoms with Gasteiger partial charge in [-0.05, 0) is 32.9 Å². The molecule has 1 aliphatic heterocycles. The minimum atomic E-state index is -0.365. The Morgan fingerprint density at radius 1 is 1.03 bits per heavy atom. The maximum atomic E-state index is 13.1. The summed E-state index contributed by atoms with van der Waals surface area (Å²) in [4.78, 5) is 39.0. The molecule has 33 heavy (non-hydrogen) atoms. The molecule has 1 aromatic carbocycles. The fraction of sp³-hybridized carbons (Fsp3) is 0.360. The smallest absolute Gasteiger partial charge is 0.339 e. The van der Waals surface area contributed by atoms with Crippen molar-refractivity contribution in [2.45, 2.75) is 27.2 Å². The van der Waals surface area contributed by atoms with Crippen molar-refractivity contribution < 1.29 is 14.3 Å². The molecule has 0 atom stereocenters. The van der Waals surface area contributed by atoms with Gasteiger partial charge >= 0.3 is 5.97 Å². The SMILES string of the molecule is CCOC(=O)c1ccc(N2CCN(C(=O)Cc3sc(C)nc3-c3ccc(C)cc3)CC2)nc1. The number of carbonyl (C=O) groups is 2. The zero-order chi connectivity index (χ0) is 23.4. The number of amides is 1. The molecule has 1 amide bonds. The minimum Gasteiger partial charge on any atom is -0.462 e. The van der Waals surface area contributed by atoms with Gasteiger partial charge in [0.15, 0.2) is 0 Å². The Balaban J connectivity index is 1.37. The molecular formula is C25H28N4O3S. The maximum absolute atomic E-state index is 13.1. The molecule has 0 N–H and O–H groups in total. The highest BCUT2D eigenvalue weighted by molar-refractivity contribution is 7.12. The molecule has 8 heteroatoms. The molecule has 3 heterocycles. The van der Waals surface area contributed by atoms with E-state index in [0.717, 1.165) is 27.0 Å². The maximum Gasteiger partial charge on any atom is 0.339 e.